The van der Waals surface area contributed by atoms with Crippen molar-refractivity contribution in [1.82, 2.24) is 4.98 Å². The Morgan fingerprint density at radius 3 is 2.44 bits per heavy atom. The van der Waals surface area contributed by atoms with Crippen molar-refractivity contribution in [3.63, 3.8) is 0 Å². The number of aromatic nitrogens is 1. The van der Waals surface area contributed by atoms with Crippen LogP contribution in [0.4, 0.5) is 0 Å². The molecule has 3 nitrogen and oxygen atoms in total. The molecule has 1 aliphatic rings. The van der Waals surface area contributed by atoms with Gasteiger partial charge in [-0.15, -0.1) is 0 Å². The lowest BCUT2D eigenvalue weighted by molar-refractivity contribution is -0.382. The summed E-state index contributed by atoms with van der Waals surface area (Å²) in [7, 11) is 0. The summed E-state index contributed by atoms with van der Waals surface area (Å²) >= 11 is 12.3. The third-order valence-electron chi connectivity index (χ3n) is 2.63. The third-order valence-corrected chi connectivity index (χ3v) is 3.37. The average molecular weight is 262 g/mol. The van der Waals surface area contributed by atoms with E-state index in [1.54, 1.807) is 0 Å². The second kappa shape index (κ2) is 4.49. The average Bonchev–Trinajstić information content (AvgIpc) is 2.15. The normalized spacial score (nSPS) is 24.3. The first-order valence-corrected chi connectivity index (χ1v) is 5.95. The number of hydrogen-bond donors (Lipinski definition) is 0. The molecule has 0 atom stereocenters. The van der Waals surface area contributed by atoms with Crippen molar-refractivity contribution >= 4 is 23.2 Å². The molecule has 0 amide bonds. The molecule has 1 aromatic heterocycles. The molecule has 0 aliphatic carbocycles. The lowest BCUT2D eigenvalue weighted by Crippen LogP contribution is -2.32. The van der Waals surface area contributed by atoms with E-state index in [4.69, 9.17) is 32.7 Å². The van der Waals surface area contributed by atoms with Gasteiger partial charge < -0.3 is 9.47 Å². The van der Waals surface area contributed by atoms with E-state index in [0.717, 1.165) is 23.2 Å². The highest BCUT2D eigenvalue weighted by molar-refractivity contribution is 6.35. The van der Waals surface area contributed by atoms with Crippen LogP contribution in [0.15, 0.2) is 0 Å². The zero-order valence-corrected chi connectivity index (χ0v) is 10.9. The highest BCUT2D eigenvalue weighted by Gasteiger charge is 2.33. The Bertz CT molecular complexity index is 417. The molecule has 1 aliphatic heterocycles. The number of aryl methyl sites for hydroxylation is 1. The molecule has 2 heterocycles. The maximum absolute atomic E-state index is 6.29. The Kier molecular flexibility index (Phi) is 3.40. The van der Waals surface area contributed by atoms with Crippen molar-refractivity contribution in [3.8, 4) is 0 Å². The van der Waals surface area contributed by atoms with E-state index in [9.17, 15) is 0 Å². The number of pyridine rings is 1. The first-order chi connectivity index (χ1) is 7.54. The molecule has 0 unspecified atom stereocenters. The molecular formula is C11H13Cl2NO2. The van der Waals surface area contributed by atoms with Crippen LogP contribution in [0.2, 0.25) is 10.2 Å². The van der Waals surface area contributed by atoms with Gasteiger partial charge in [-0.2, -0.15) is 0 Å². The molecule has 1 fully saturated rings. The zero-order chi connectivity index (χ0) is 11.9. The zero-order valence-electron chi connectivity index (χ0n) is 9.38. The standard InChI is InChI=1S/C11H13Cl2NO2/c1-4-7-9(12)8(5(2)14-10(7)13)11-15-6(3)16-11/h6,11H,4H2,1-3H3. The molecular weight excluding hydrogens is 249 g/mol. The van der Waals surface area contributed by atoms with Crippen molar-refractivity contribution in [2.45, 2.75) is 39.8 Å². The van der Waals surface area contributed by atoms with Crippen LogP contribution in [0.3, 0.4) is 0 Å². The van der Waals surface area contributed by atoms with Crippen LogP contribution in [0.5, 0.6) is 0 Å². The quantitative estimate of drug-likeness (QED) is 0.762. The van der Waals surface area contributed by atoms with Gasteiger partial charge in [-0.25, -0.2) is 4.98 Å². The van der Waals surface area contributed by atoms with Crippen LogP contribution in [0.25, 0.3) is 0 Å². The van der Waals surface area contributed by atoms with E-state index >= 15 is 0 Å². The minimum Gasteiger partial charge on any atom is -0.319 e. The van der Waals surface area contributed by atoms with Gasteiger partial charge >= 0.3 is 0 Å². The topological polar surface area (TPSA) is 31.4 Å². The Morgan fingerprint density at radius 2 is 1.94 bits per heavy atom. The van der Waals surface area contributed by atoms with E-state index in [1.165, 1.54) is 0 Å². The van der Waals surface area contributed by atoms with Crippen molar-refractivity contribution in [3.05, 3.63) is 27.0 Å². The Labute approximate surface area is 105 Å². The van der Waals surface area contributed by atoms with Crippen molar-refractivity contribution < 1.29 is 9.47 Å². The fraction of sp³-hybridized carbons (Fsp3) is 0.545. The van der Waals surface area contributed by atoms with Gasteiger partial charge in [0, 0.05) is 16.8 Å². The predicted molar refractivity (Wildman–Crippen MR) is 62.7 cm³/mol. The largest absolute Gasteiger partial charge is 0.319 e. The second-order valence-corrected chi connectivity index (χ2v) is 4.46. The van der Waals surface area contributed by atoms with Crippen LogP contribution in [0.1, 0.15) is 37.0 Å². The van der Waals surface area contributed by atoms with Crippen LogP contribution in [-0.4, -0.2) is 11.3 Å². The molecule has 2 rings (SSSR count). The SMILES string of the molecule is CCc1c(Cl)nc(C)c(C2OC(C)O2)c1Cl. The molecule has 0 radical (unpaired) electrons. The van der Waals surface area contributed by atoms with Gasteiger partial charge in [-0.1, -0.05) is 30.1 Å². The summed E-state index contributed by atoms with van der Waals surface area (Å²) in [6.45, 7) is 5.67. The Hall–Kier alpha value is -0.350. The van der Waals surface area contributed by atoms with E-state index < -0.39 is 6.29 Å². The summed E-state index contributed by atoms with van der Waals surface area (Å²) in [5, 5.41) is 1.07. The minimum atomic E-state index is -0.405. The lowest BCUT2D eigenvalue weighted by Gasteiger charge is -2.35. The van der Waals surface area contributed by atoms with Crippen molar-refractivity contribution in [2.75, 3.05) is 0 Å². The number of halogens is 2. The van der Waals surface area contributed by atoms with E-state index in [2.05, 4.69) is 4.98 Å². The molecule has 0 N–H and O–H groups in total. The van der Waals surface area contributed by atoms with Crippen LogP contribution in [0, 0.1) is 6.92 Å². The summed E-state index contributed by atoms with van der Waals surface area (Å²) in [5.41, 5.74) is 2.39. The fourth-order valence-electron chi connectivity index (χ4n) is 1.76. The van der Waals surface area contributed by atoms with Gasteiger partial charge in [0.1, 0.15) is 5.15 Å². The molecule has 0 spiro atoms. The maximum Gasteiger partial charge on any atom is 0.193 e. The predicted octanol–water partition coefficient (Wildman–Crippen LogP) is 3.65. The van der Waals surface area contributed by atoms with Crippen LogP contribution >= 0.6 is 23.2 Å². The Morgan fingerprint density at radius 1 is 1.31 bits per heavy atom. The summed E-state index contributed by atoms with van der Waals surface area (Å²) in [4.78, 5) is 4.25. The highest BCUT2D eigenvalue weighted by Crippen LogP contribution is 2.40. The van der Waals surface area contributed by atoms with Crippen molar-refractivity contribution in [1.29, 1.82) is 0 Å². The van der Waals surface area contributed by atoms with Crippen molar-refractivity contribution in [2.24, 2.45) is 0 Å². The van der Waals surface area contributed by atoms with E-state index in [-0.39, 0.29) is 6.29 Å². The monoisotopic (exact) mass is 261 g/mol. The Balaban J connectivity index is 2.44. The summed E-state index contributed by atoms with van der Waals surface area (Å²) in [6, 6.07) is 0. The lowest BCUT2D eigenvalue weighted by atomic mass is 10.1. The van der Waals surface area contributed by atoms with Crippen LogP contribution in [-0.2, 0) is 15.9 Å². The van der Waals surface area contributed by atoms with Gasteiger partial charge in [0.05, 0.1) is 5.02 Å². The van der Waals surface area contributed by atoms with Crippen LogP contribution < -0.4 is 0 Å². The third kappa shape index (κ3) is 1.93. The minimum absolute atomic E-state index is 0.179. The molecule has 5 heteroatoms. The van der Waals surface area contributed by atoms with Gasteiger partial charge in [-0.05, 0) is 20.3 Å². The molecule has 0 bridgehead atoms. The number of ether oxygens (including phenoxy) is 2. The highest BCUT2D eigenvalue weighted by atomic mass is 35.5. The van der Waals surface area contributed by atoms with Gasteiger partial charge in [0.15, 0.2) is 12.6 Å². The van der Waals surface area contributed by atoms with Gasteiger partial charge in [-0.3, -0.25) is 0 Å². The molecule has 0 aromatic carbocycles. The number of hydrogen-bond acceptors (Lipinski definition) is 3. The summed E-state index contributed by atoms with van der Waals surface area (Å²) < 4.78 is 10.9. The smallest absolute Gasteiger partial charge is 0.193 e. The first kappa shape index (κ1) is 12.1. The molecule has 16 heavy (non-hydrogen) atoms. The molecule has 1 saturated heterocycles. The first-order valence-electron chi connectivity index (χ1n) is 5.19. The molecule has 1 aromatic rings. The number of nitrogens with zero attached hydrogens (tertiary/aromatic N) is 1. The fourth-order valence-corrected chi connectivity index (χ4v) is 2.61. The van der Waals surface area contributed by atoms with E-state index in [1.807, 2.05) is 20.8 Å². The summed E-state index contributed by atoms with van der Waals surface area (Å²) in [5.74, 6) is 0. The van der Waals surface area contributed by atoms with Gasteiger partial charge in [0.2, 0.25) is 0 Å². The maximum atomic E-state index is 6.29. The number of rotatable bonds is 2. The molecule has 0 saturated carbocycles. The van der Waals surface area contributed by atoms with E-state index in [0.29, 0.717) is 10.2 Å². The summed E-state index contributed by atoms with van der Waals surface area (Å²) in [6.07, 6.45) is 0.152. The van der Waals surface area contributed by atoms with Gasteiger partial charge in [0.25, 0.3) is 0 Å². The second-order valence-electron chi connectivity index (χ2n) is 3.72. The molecule has 88 valence electrons.